The molecule has 0 saturated heterocycles. The molecule has 66 valence electrons. The lowest BCUT2D eigenvalue weighted by Crippen LogP contribution is -2.25. The molecule has 0 bridgehead atoms. The summed E-state index contributed by atoms with van der Waals surface area (Å²) in [6.45, 7) is 6.99. The fourth-order valence-corrected chi connectivity index (χ4v) is 1.14. The molecule has 1 rings (SSSR count). The molecule has 0 saturated carbocycles. The molecule has 1 heterocycles. The molecule has 0 radical (unpaired) electrons. The minimum atomic E-state index is -0.779. The highest BCUT2D eigenvalue weighted by molar-refractivity contribution is 5.39. The fraction of sp³-hybridized carbons (Fsp3) is 0.333. The van der Waals surface area contributed by atoms with Crippen molar-refractivity contribution in [2.45, 2.75) is 6.10 Å². The van der Waals surface area contributed by atoms with Crippen LogP contribution in [0, 0.1) is 0 Å². The predicted octanol–water partition coefficient (Wildman–Crippen LogP) is 1.34. The lowest BCUT2D eigenvalue weighted by molar-refractivity contribution is 0.0518. The molecule has 1 atom stereocenters. The zero-order valence-electron chi connectivity index (χ0n) is 6.72. The van der Waals surface area contributed by atoms with E-state index < -0.39 is 11.9 Å². The zero-order chi connectivity index (χ0) is 9.14. The minimum Gasteiger partial charge on any atom is -0.386 e. The van der Waals surface area contributed by atoms with Crippen LogP contribution in [0.5, 0.6) is 0 Å². The van der Waals surface area contributed by atoms with E-state index in [1.165, 1.54) is 6.08 Å². The molecule has 1 N–H and O–H groups in total. The lowest BCUT2D eigenvalue weighted by Gasteiger charge is -2.22. The average Bonchev–Trinajstić information content (AvgIpc) is 2.03. The summed E-state index contributed by atoms with van der Waals surface area (Å²) in [5, 5.41) is 9.33. The number of halogens is 1. The zero-order valence-corrected chi connectivity index (χ0v) is 6.72. The normalized spacial score (nSPS) is 24.0. The molecule has 1 aliphatic heterocycles. The highest BCUT2D eigenvalue weighted by Crippen LogP contribution is 2.22. The quantitative estimate of drug-likeness (QED) is 0.677. The van der Waals surface area contributed by atoms with Crippen molar-refractivity contribution in [2.24, 2.45) is 0 Å². The molecule has 0 aromatic rings. The summed E-state index contributed by atoms with van der Waals surface area (Å²) in [5.74, 6) is -0.566. The topological polar surface area (TPSA) is 29.5 Å². The van der Waals surface area contributed by atoms with E-state index in [1.807, 2.05) is 0 Å². The minimum absolute atomic E-state index is 0.160. The summed E-state index contributed by atoms with van der Waals surface area (Å²) in [6, 6.07) is 0. The maximum atomic E-state index is 12.7. The smallest absolute Gasteiger partial charge is 0.121 e. The van der Waals surface area contributed by atoms with Gasteiger partial charge in [-0.15, -0.1) is 0 Å². The molecule has 0 spiro atoms. The predicted molar refractivity (Wildman–Crippen MR) is 44.3 cm³/mol. The fourth-order valence-electron chi connectivity index (χ4n) is 1.14. The Balaban J connectivity index is 3.02. The lowest BCUT2D eigenvalue weighted by atomic mass is 10.0. The van der Waals surface area contributed by atoms with E-state index in [0.717, 1.165) is 0 Å². The van der Waals surface area contributed by atoms with Crippen LogP contribution in [0.4, 0.5) is 4.39 Å². The number of hydrogen-bond donors (Lipinski definition) is 1. The molecular formula is C9H11FO2. The van der Waals surface area contributed by atoms with Gasteiger partial charge < -0.3 is 9.84 Å². The van der Waals surface area contributed by atoms with Gasteiger partial charge in [0.1, 0.15) is 11.9 Å². The third-order valence-electron chi connectivity index (χ3n) is 1.78. The van der Waals surface area contributed by atoms with Gasteiger partial charge in [0.15, 0.2) is 0 Å². The Bertz CT molecular complexity index is 243. The van der Waals surface area contributed by atoms with Crippen LogP contribution in [0.15, 0.2) is 36.2 Å². The van der Waals surface area contributed by atoms with Gasteiger partial charge in [0.2, 0.25) is 0 Å². The van der Waals surface area contributed by atoms with Gasteiger partial charge in [0, 0.05) is 5.57 Å². The third-order valence-corrected chi connectivity index (χ3v) is 1.78. The monoisotopic (exact) mass is 170 g/mol. The Kier molecular flexibility index (Phi) is 2.78. The molecule has 1 unspecified atom stereocenters. The van der Waals surface area contributed by atoms with Gasteiger partial charge in [0.05, 0.1) is 13.2 Å². The second kappa shape index (κ2) is 3.65. The molecule has 2 nitrogen and oxygen atoms in total. The Morgan fingerprint density at radius 2 is 2.42 bits per heavy atom. The molecule has 0 aromatic heterocycles. The standard InChI is InChI=1S/C9H11FO2/c1-3-7-8(6(2)10)4-12-5-9(7)11/h3,9,11H,1-2,4-5H2. The summed E-state index contributed by atoms with van der Waals surface area (Å²) < 4.78 is 17.6. The summed E-state index contributed by atoms with van der Waals surface area (Å²) in [7, 11) is 0. The third kappa shape index (κ3) is 1.62. The van der Waals surface area contributed by atoms with Crippen molar-refractivity contribution in [2.75, 3.05) is 13.2 Å². The van der Waals surface area contributed by atoms with Gasteiger partial charge in [-0.2, -0.15) is 0 Å². The van der Waals surface area contributed by atoms with Crippen LogP contribution in [-0.2, 0) is 4.74 Å². The van der Waals surface area contributed by atoms with Crippen molar-refractivity contribution >= 4 is 0 Å². The van der Waals surface area contributed by atoms with E-state index in [9.17, 15) is 9.50 Å². The van der Waals surface area contributed by atoms with Crippen molar-refractivity contribution in [3.05, 3.63) is 36.2 Å². The molecule has 0 aromatic carbocycles. The molecule has 0 fully saturated rings. The maximum Gasteiger partial charge on any atom is 0.121 e. The van der Waals surface area contributed by atoms with E-state index in [2.05, 4.69) is 13.2 Å². The van der Waals surface area contributed by atoms with Crippen molar-refractivity contribution in [3.8, 4) is 0 Å². The van der Waals surface area contributed by atoms with Gasteiger partial charge >= 0.3 is 0 Å². The highest BCUT2D eigenvalue weighted by atomic mass is 19.1. The van der Waals surface area contributed by atoms with Gasteiger partial charge in [-0.25, -0.2) is 4.39 Å². The molecule has 0 amide bonds. The largest absolute Gasteiger partial charge is 0.386 e. The van der Waals surface area contributed by atoms with E-state index >= 15 is 0 Å². The van der Waals surface area contributed by atoms with Crippen molar-refractivity contribution < 1.29 is 14.2 Å². The number of aliphatic hydroxyl groups is 1. The van der Waals surface area contributed by atoms with Crippen LogP contribution < -0.4 is 0 Å². The second-order valence-electron chi connectivity index (χ2n) is 2.57. The van der Waals surface area contributed by atoms with E-state index in [0.29, 0.717) is 11.1 Å². The van der Waals surface area contributed by atoms with Gasteiger partial charge in [-0.1, -0.05) is 19.2 Å². The average molecular weight is 170 g/mol. The summed E-state index contributed by atoms with van der Waals surface area (Å²) >= 11 is 0. The molecule has 1 aliphatic rings. The SMILES string of the molecule is C=CC1=C(C(=C)F)COCC1O. The van der Waals surface area contributed by atoms with E-state index in [4.69, 9.17) is 4.74 Å². The molecular weight excluding hydrogens is 159 g/mol. The van der Waals surface area contributed by atoms with Crippen LogP contribution >= 0.6 is 0 Å². The summed E-state index contributed by atoms with van der Waals surface area (Å²) in [5.41, 5.74) is 0.789. The number of hydrogen-bond acceptors (Lipinski definition) is 2. The van der Waals surface area contributed by atoms with Crippen LogP contribution in [0.2, 0.25) is 0 Å². The highest BCUT2D eigenvalue weighted by Gasteiger charge is 2.20. The first-order valence-corrected chi connectivity index (χ1v) is 3.63. The van der Waals surface area contributed by atoms with Gasteiger partial charge in [0.25, 0.3) is 0 Å². The first-order valence-electron chi connectivity index (χ1n) is 3.63. The van der Waals surface area contributed by atoms with Crippen molar-refractivity contribution in [1.82, 2.24) is 0 Å². The van der Waals surface area contributed by atoms with Crippen LogP contribution in [0.3, 0.4) is 0 Å². The van der Waals surface area contributed by atoms with Gasteiger partial charge in [-0.3, -0.25) is 0 Å². The van der Waals surface area contributed by atoms with Crippen LogP contribution in [-0.4, -0.2) is 24.4 Å². The van der Waals surface area contributed by atoms with E-state index in [1.54, 1.807) is 0 Å². The molecule has 3 heteroatoms. The Morgan fingerprint density at radius 3 is 2.83 bits per heavy atom. The number of aliphatic hydroxyl groups excluding tert-OH is 1. The molecule has 0 aliphatic carbocycles. The summed E-state index contributed by atoms with van der Waals surface area (Å²) in [6.07, 6.45) is 0.659. The van der Waals surface area contributed by atoms with Crippen molar-refractivity contribution in [1.29, 1.82) is 0 Å². The maximum absolute atomic E-state index is 12.7. The van der Waals surface area contributed by atoms with Crippen LogP contribution in [0.1, 0.15) is 0 Å². The van der Waals surface area contributed by atoms with Crippen LogP contribution in [0.25, 0.3) is 0 Å². The van der Waals surface area contributed by atoms with E-state index in [-0.39, 0.29) is 13.2 Å². The number of rotatable bonds is 2. The Morgan fingerprint density at radius 1 is 1.75 bits per heavy atom. The van der Waals surface area contributed by atoms with Crippen molar-refractivity contribution in [3.63, 3.8) is 0 Å². The first-order chi connectivity index (χ1) is 5.66. The first kappa shape index (κ1) is 9.16. The summed E-state index contributed by atoms with van der Waals surface area (Å²) in [4.78, 5) is 0. The Hall–Kier alpha value is -0.930. The second-order valence-corrected chi connectivity index (χ2v) is 2.57. The number of ether oxygens (including phenoxy) is 1. The van der Waals surface area contributed by atoms with Gasteiger partial charge in [-0.05, 0) is 5.57 Å². The Labute approximate surface area is 70.7 Å². The molecule has 12 heavy (non-hydrogen) atoms.